The minimum atomic E-state index is -0.366. The fraction of sp³-hybridized carbons (Fsp3) is 0.0556. The van der Waals surface area contributed by atoms with E-state index in [0.717, 1.165) is 12.2 Å². The topological polar surface area (TPSA) is 3.88 Å². The van der Waals surface area contributed by atoms with E-state index in [0.29, 0.717) is 5.56 Å². The molecule has 0 saturated heterocycles. The molecule has 3 aromatic rings. The molecule has 0 N–H and O–H groups in total. The summed E-state index contributed by atoms with van der Waals surface area (Å²) < 4.78 is 41.7. The van der Waals surface area contributed by atoms with Crippen LogP contribution in [0, 0.1) is 0 Å². The Labute approximate surface area is 119 Å². The molecule has 0 bridgehead atoms. The first-order valence-corrected chi connectivity index (χ1v) is 6.18. The highest BCUT2D eigenvalue weighted by Crippen LogP contribution is 2.28. The summed E-state index contributed by atoms with van der Waals surface area (Å²) in [7, 11) is 0. The predicted octanol–water partition coefficient (Wildman–Crippen LogP) is 3.67. The Morgan fingerprint density at radius 3 is 2.63 bits per heavy atom. The van der Waals surface area contributed by atoms with Crippen molar-refractivity contribution in [2.24, 2.45) is 0 Å². The van der Waals surface area contributed by atoms with Gasteiger partial charge in [-0.25, -0.2) is 0 Å². The zero-order valence-electron chi connectivity index (χ0n) is 15.2. The third kappa shape index (κ3) is 1.66. The maximum atomic E-state index is 8.12. The molecular formula is C18H14N+. The van der Waals surface area contributed by atoms with Gasteiger partial charge in [-0.05, 0) is 17.7 Å². The highest BCUT2D eigenvalue weighted by Gasteiger charge is 2.25. The SMILES string of the molecule is [2H]c1c([2H])c([2H])c(-c2ccc3[n+](c2)Cc2ccccc2-3)c([2H])c1[2H]. The van der Waals surface area contributed by atoms with E-state index >= 15 is 0 Å². The van der Waals surface area contributed by atoms with Gasteiger partial charge in [-0.2, -0.15) is 4.57 Å². The zero-order valence-corrected chi connectivity index (χ0v) is 10.2. The monoisotopic (exact) mass is 249 g/mol. The van der Waals surface area contributed by atoms with Crippen molar-refractivity contribution in [3.8, 4) is 22.4 Å². The van der Waals surface area contributed by atoms with Gasteiger partial charge in [0.2, 0.25) is 5.69 Å². The van der Waals surface area contributed by atoms with Gasteiger partial charge in [0.05, 0.1) is 12.4 Å². The molecule has 0 unspecified atom stereocenters. The van der Waals surface area contributed by atoms with Gasteiger partial charge in [-0.3, -0.25) is 0 Å². The number of nitrogens with zero attached hydrogens (tertiary/aromatic N) is 1. The van der Waals surface area contributed by atoms with Crippen LogP contribution in [0.2, 0.25) is 0 Å². The van der Waals surface area contributed by atoms with Gasteiger partial charge < -0.3 is 0 Å². The molecule has 1 heteroatoms. The quantitative estimate of drug-likeness (QED) is 0.453. The van der Waals surface area contributed by atoms with E-state index in [-0.39, 0.29) is 35.8 Å². The number of hydrogen-bond donors (Lipinski definition) is 0. The number of fused-ring (bicyclic) bond motifs is 3. The number of benzene rings is 2. The molecule has 1 nitrogen and oxygen atoms in total. The van der Waals surface area contributed by atoms with E-state index in [9.17, 15) is 0 Å². The normalized spacial score (nSPS) is 15.7. The Bertz CT molecular complexity index is 968. The molecule has 0 atom stereocenters. The molecule has 1 aliphatic heterocycles. The molecule has 19 heavy (non-hydrogen) atoms. The molecule has 0 amide bonds. The van der Waals surface area contributed by atoms with Gasteiger partial charge >= 0.3 is 0 Å². The standard InChI is InChI=1S/C18H14N/c1-2-6-14(7-3-1)15-10-11-18-17-9-5-4-8-16(17)13-19(18)12-15/h1-12H,13H2/q+1/i1D,2D,3D,6D,7D. The first-order chi connectivity index (χ1) is 11.5. The van der Waals surface area contributed by atoms with Crippen LogP contribution in [0.4, 0.5) is 0 Å². The van der Waals surface area contributed by atoms with Crippen LogP contribution in [-0.2, 0) is 6.54 Å². The third-order valence-electron chi connectivity index (χ3n) is 3.45. The predicted molar refractivity (Wildman–Crippen MR) is 76.6 cm³/mol. The maximum absolute atomic E-state index is 8.12. The molecule has 1 aliphatic rings. The molecule has 1 aromatic heterocycles. The van der Waals surface area contributed by atoms with E-state index in [4.69, 9.17) is 6.85 Å². The van der Waals surface area contributed by atoms with Crippen molar-refractivity contribution >= 4 is 0 Å². The molecule has 2 aromatic carbocycles. The minimum Gasteiger partial charge on any atom is -0.193 e. The molecule has 4 rings (SSSR count). The molecule has 0 aliphatic carbocycles. The number of hydrogen-bond acceptors (Lipinski definition) is 0. The highest BCUT2D eigenvalue weighted by atomic mass is 15.0. The van der Waals surface area contributed by atoms with Gasteiger partial charge in [0.25, 0.3) is 0 Å². The summed E-state index contributed by atoms with van der Waals surface area (Å²) in [6, 6.07) is 10.6. The van der Waals surface area contributed by atoms with Crippen molar-refractivity contribution in [1.82, 2.24) is 0 Å². The molecule has 0 spiro atoms. The smallest absolute Gasteiger partial charge is 0.193 e. The Morgan fingerprint density at radius 1 is 0.895 bits per heavy atom. The van der Waals surface area contributed by atoms with Crippen molar-refractivity contribution in [2.45, 2.75) is 6.54 Å². The van der Waals surface area contributed by atoms with Crippen molar-refractivity contribution in [3.05, 3.63) is 78.4 Å². The summed E-state index contributed by atoms with van der Waals surface area (Å²) in [6.45, 7) is 0.720. The van der Waals surface area contributed by atoms with Gasteiger partial charge in [-0.1, -0.05) is 48.4 Å². The van der Waals surface area contributed by atoms with Crippen LogP contribution >= 0.6 is 0 Å². The number of aromatic nitrogens is 1. The zero-order chi connectivity index (χ0) is 17.0. The fourth-order valence-electron chi connectivity index (χ4n) is 2.55. The third-order valence-corrected chi connectivity index (χ3v) is 3.45. The minimum absolute atomic E-state index is 0.169. The average Bonchev–Trinajstić information content (AvgIpc) is 2.96. The van der Waals surface area contributed by atoms with Gasteiger partial charge in [0.15, 0.2) is 12.7 Å². The van der Waals surface area contributed by atoms with Crippen molar-refractivity contribution in [2.75, 3.05) is 0 Å². The van der Waals surface area contributed by atoms with Gasteiger partial charge in [0, 0.05) is 17.2 Å². The molecule has 2 heterocycles. The van der Waals surface area contributed by atoms with E-state index < -0.39 is 0 Å². The lowest BCUT2D eigenvalue weighted by Gasteiger charge is -2.00. The van der Waals surface area contributed by atoms with Crippen LogP contribution in [0.25, 0.3) is 22.4 Å². The average molecular weight is 249 g/mol. The summed E-state index contributed by atoms with van der Waals surface area (Å²) in [4.78, 5) is 0. The van der Waals surface area contributed by atoms with Crippen molar-refractivity contribution < 1.29 is 11.4 Å². The number of rotatable bonds is 1. The molecular weight excluding hydrogens is 230 g/mol. The second kappa shape index (κ2) is 4.06. The first-order valence-electron chi connectivity index (χ1n) is 8.68. The summed E-state index contributed by atoms with van der Waals surface area (Å²) in [5.74, 6) is 0. The first kappa shape index (κ1) is 6.67. The lowest BCUT2D eigenvalue weighted by atomic mass is 10.1. The summed E-state index contributed by atoms with van der Waals surface area (Å²) in [5, 5.41) is 0. The molecule has 90 valence electrons. The Hall–Kier alpha value is -2.41. The van der Waals surface area contributed by atoms with Crippen LogP contribution < -0.4 is 4.57 Å². The van der Waals surface area contributed by atoms with Crippen LogP contribution in [0.1, 0.15) is 12.4 Å². The van der Waals surface area contributed by atoms with Crippen LogP contribution in [0.15, 0.2) is 72.8 Å². The Balaban J connectivity index is 1.91. The van der Waals surface area contributed by atoms with Gasteiger partial charge in [0.1, 0.15) is 0 Å². The lowest BCUT2D eigenvalue weighted by molar-refractivity contribution is -0.671. The van der Waals surface area contributed by atoms with E-state index in [1.54, 1.807) is 0 Å². The van der Waals surface area contributed by atoms with Gasteiger partial charge in [-0.15, -0.1) is 0 Å². The van der Waals surface area contributed by atoms with Crippen LogP contribution in [0.3, 0.4) is 0 Å². The van der Waals surface area contributed by atoms with E-state index in [2.05, 4.69) is 16.7 Å². The summed E-state index contributed by atoms with van der Waals surface area (Å²) >= 11 is 0. The Kier molecular flexibility index (Phi) is 1.42. The summed E-state index contributed by atoms with van der Waals surface area (Å²) in [6.07, 6.45) is 1.86. The second-order valence-electron chi connectivity index (χ2n) is 4.59. The van der Waals surface area contributed by atoms with Crippen LogP contribution in [0.5, 0.6) is 0 Å². The maximum Gasteiger partial charge on any atom is 0.213 e. The lowest BCUT2D eigenvalue weighted by Crippen LogP contribution is -2.31. The summed E-state index contributed by atoms with van der Waals surface area (Å²) in [5.41, 5.74) is 4.33. The molecule has 0 saturated carbocycles. The fourth-order valence-corrected chi connectivity index (χ4v) is 2.55. The van der Waals surface area contributed by atoms with Crippen molar-refractivity contribution in [3.63, 3.8) is 0 Å². The molecule has 0 fully saturated rings. The molecule has 0 radical (unpaired) electrons. The second-order valence-corrected chi connectivity index (χ2v) is 4.59. The van der Waals surface area contributed by atoms with Crippen molar-refractivity contribution in [1.29, 1.82) is 0 Å². The highest BCUT2D eigenvalue weighted by molar-refractivity contribution is 5.67. The Morgan fingerprint density at radius 2 is 1.74 bits per heavy atom. The van der Waals surface area contributed by atoms with E-state index in [1.807, 2.05) is 30.5 Å². The number of pyridine rings is 1. The van der Waals surface area contributed by atoms with E-state index in [1.165, 1.54) is 11.1 Å². The van der Waals surface area contributed by atoms with Crippen LogP contribution in [-0.4, -0.2) is 0 Å². The largest absolute Gasteiger partial charge is 0.213 e.